The second kappa shape index (κ2) is 8.94. The number of amides is 2. The van der Waals surface area contributed by atoms with Crippen molar-refractivity contribution in [2.45, 2.75) is 30.7 Å². The molecule has 1 unspecified atom stereocenters. The van der Waals surface area contributed by atoms with Gasteiger partial charge >= 0.3 is 5.97 Å². The summed E-state index contributed by atoms with van der Waals surface area (Å²) in [7, 11) is -3.86. The number of carbonyl (C=O) groups excluding carboxylic acids is 3. The molecule has 1 aliphatic rings. The first-order valence-corrected chi connectivity index (χ1v) is 11.4. The van der Waals surface area contributed by atoms with Crippen molar-refractivity contribution in [3.63, 3.8) is 0 Å². The molecule has 3 rings (SSSR count). The van der Waals surface area contributed by atoms with Crippen molar-refractivity contribution in [2.24, 2.45) is 5.73 Å². The number of esters is 1. The van der Waals surface area contributed by atoms with Gasteiger partial charge in [-0.1, -0.05) is 17.7 Å². The maximum atomic E-state index is 12.9. The van der Waals surface area contributed by atoms with Crippen molar-refractivity contribution in [3.8, 4) is 0 Å². The lowest BCUT2D eigenvalue weighted by atomic mass is 10.2. The molecule has 9 nitrogen and oxygen atoms in total. The van der Waals surface area contributed by atoms with Gasteiger partial charge in [0.15, 0.2) is 6.61 Å². The Labute approximate surface area is 177 Å². The van der Waals surface area contributed by atoms with Crippen LogP contribution in [0.3, 0.4) is 0 Å². The number of hydrogen-bond acceptors (Lipinski definition) is 7. The van der Waals surface area contributed by atoms with Gasteiger partial charge in [-0.3, -0.25) is 14.4 Å². The number of nitrogens with two attached hydrogens (primary N) is 1. The summed E-state index contributed by atoms with van der Waals surface area (Å²) < 4.78 is 32.0. The van der Waals surface area contributed by atoms with E-state index < -0.39 is 40.5 Å². The molecule has 30 heavy (non-hydrogen) atoms. The summed E-state index contributed by atoms with van der Waals surface area (Å²) in [5.74, 6) is -2.13. The Kier molecular flexibility index (Phi) is 6.54. The third-order valence-corrected chi connectivity index (χ3v) is 7.38. The topological polar surface area (TPSA) is 136 Å². The van der Waals surface area contributed by atoms with E-state index in [9.17, 15) is 22.8 Å². The number of rotatable bonds is 7. The van der Waals surface area contributed by atoms with Crippen LogP contribution in [-0.4, -0.2) is 49.7 Å². The number of nitrogens with one attached hydrogen (secondary N) is 1. The maximum absolute atomic E-state index is 12.9. The predicted molar refractivity (Wildman–Crippen MR) is 111 cm³/mol. The number of nitrogens with zero attached hydrogens (tertiary/aromatic N) is 1. The third kappa shape index (κ3) is 4.69. The quantitative estimate of drug-likeness (QED) is 0.612. The summed E-state index contributed by atoms with van der Waals surface area (Å²) in [6.45, 7) is 1.43. The van der Waals surface area contributed by atoms with E-state index in [4.69, 9.17) is 10.5 Å². The van der Waals surface area contributed by atoms with Gasteiger partial charge in [0.25, 0.3) is 11.8 Å². The van der Waals surface area contributed by atoms with Gasteiger partial charge in [-0.15, -0.1) is 11.3 Å². The van der Waals surface area contributed by atoms with Crippen LogP contribution in [0.25, 0.3) is 0 Å². The van der Waals surface area contributed by atoms with Crippen LogP contribution < -0.4 is 11.1 Å². The van der Waals surface area contributed by atoms with E-state index in [2.05, 4.69) is 5.32 Å². The van der Waals surface area contributed by atoms with Gasteiger partial charge in [-0.2, -0.15) is 4.31 Å². The molecule has 1 aromatic heterocycles. The summed E-state index contributed by atoms with van der Waals surface area (Å²) in [6.07, 6.45) is 0.816. The Morgan fingerprint density at radius 2 is 1.93 bits per heavy atom. The van der Waals surface area contributed by atoms with Crippen LogP contribution >= 0.6 is 11.3 Å². The second-order valence-corrected chi connectivity index (χ2v) is 9.58. The van der Waals surface area contributed by atoms with Gasteiger partial charge < -0.3 is 15.8 Å². The zero-order chi connectivity index (χ0) is 21.9. The van der Waals surface area contributed by atoms with Crippen LogP contribution in [0.15, 0.2) is 40.6 Å². The van der Waals surface area contributed by atoms with Crippen LogP contribution in [-0.2, 0) is 24.3 Å². The molecule has 1 aromatic carbocycles. The molecule has 160 valence electrons. The highest BCUT2D eigenvalue weighted by Crippen LogP contribution is 2.27. The fraction of sp³-hybridized carbons (Fsp3) is 0.316. The van der Waals surface area contributed by atoms with Gasteiger partial charge in [0, 0.05) is 6.54 Å². The Morgan fingerprint density at radius 1 is 1.23 bits per heavy atom. The first kappa shape index (κ1) is 21.9. The van der Waals surface area contributed by atoms with Crippen molar-refractivity contribution in [2.75, 3.05) is 18.5 Å². The highest BCUT2D eigenvalue weighted by atomic mass is 32.2. The lowest BCUT2D eigenvalue weighted by Crippen LogP contribution is -2.42. The first-order chi connectivity index (χ1) is 14.2. The standard InChI is InChI=1S/C19H21N3O6S2/c1-12-4-6-13(7-5-12)30(26,27)22-9-2-3-15(22)19(25)28-11-16(23)21-18-14(17(20)24)8-10-29-18/h4-8,10,15H,2-3,9,11H2,1H3,(H2,20,24)(H,21,23). The number of ether oxygens (including phenoxy) is 1. The fourth-order valence-corrected chi connectivity index (χ4v) is 5.56. The lowest BCUT2D eigenvalue weighted by molar-refractivity contribution is -0.150. The predicted octanol–water partition coefficient (Wildman–Crippen LogP) is 1.49. The number of sulfonamides is 1. The van der Waals surface area contributed by atoms with E-state index in [1.54, 1.807) is 17.5 Å². The molecule has 11 heteroatoms. The highest BCUT2D eigenvalue weighted by Gasteiger charge is 2.40. The normalized spacial score (nSPS) is 16.9. The van der Waals surface area contributed by atoms with Crippen LogP contribution in [0.2, 0.25) is 0 Å². The van der Waals surface area contributed by atoms with Gasteiger partial charge in [0.05, 0.1) is 10.5 Å². The second-order valence-electron chi connectivity index (χ2n) is 6.77. The van der Waals surface area contributed by atoms with Crippen molar-refractivity contribution in [1.82, 2.24) is 4.31 Å². The fourth-order valence-electron chi connectivity index (χ4n) is 3.10. The minimum atomic E-state index is -3.86. The van der Waals surface area contributed by atoms with E-state index in [1.165, 1.54) is 18.2 Å². The van der Waals surface area contributed by atoms with Gasteiger partial charge in [0.1, 0.15) is 11.0 Å². The Morgan fingerprint density at radius 3 is 2.60 bits per heavy atom. The SMILES string of the molecule is Cc1ccc(S(=O)(=O)N2CCCC2C(=O)OCC(=O)Nc2sccc2C(N)=O)cc1. The molecule has 1 saturated heterocycles. The molecule has 0 aliphatic carbocycles. The Hall–Kier alpha value is -2.76. The van der Waals surface area contributed by atoms with Crippen molar-refractivity contribution < 1.29 is 27.5 Å². The number of carbonyl (C=O) groups is 3. The largest absolute Gasteiger partial charge is 0.454 e. The summed E-state index contributed by atoms with van der Waals surface area (Å²) in [4.78, 5) is 36.0. The zero-order valence-electron chi connectivity index (χ0n) is 16.2. The van der Waals surface area contributed by atoms with Crippen LogP contribution in [0.5, 0.6) is 0 Å². The van der Waals surface area contributed by atoms with E-state index in [-0.39, 0.29) is 22.0 Å². The number of primary amides is 1. The van der Waals surface area contributed by atoms with Gasteiger partial charge in [0.2, 0.25) is 10.0 Å². The number of thiophene rings is 1. The molecule has 1 atom stereocenters. The number of hydrogen-bond donors (Lipinski definition) is 2. The number of aryl methyl sites for hydroxylation is 1. The molecule has 0 saturated carbocycles. The molecule has 2 heterocycles. The van der Waals surface area contributed by atoms with Crippen LogP contribution in [0.1, 0.15) is 28.8 Å². The minimum absolute atomic E-state index is 0.0993. The minimum Gasteiger partial charge on any atom is -0.454 e. The molecule has 2 amide bonds. The monoisotopic (exact) mass is 451 g/mol. The van der Waals surface area contributed by atoms with E-state index in [1.807, 2.05) is 6.92 Å². The highest BCUT2D eigenvalue weighted by molar-refractivity contribution is 7.89. The van der Waals surface area contributed by atoms with Crippen molar-refractivity contribution in [3.05, 3.63) is 46.8 Å². The molecule has 1 aliphatic heterocycles. The number of benzene rings is 1. The van der Waals surface area contributed by atoms with Crippen molar-refractivity contribution in [1.29, 1.82) is 0 Å². The van der Waals surface area contributed by atoms with E-state index in [0.29, 0.717) is 12.8 Å². The molecular weight excluding hydrogens is 430 g/mol. The molecule has 1 fully saturated rings. The summed E-state index contributed by atoms with van der Waals surface area (Å²) >= 11 is 1.11. The van der Waals surface area contributed by atoms with Gasteiger partial charge in [-0.05, 0) is 43.3 Å². The first-order valence-electron chi connectivity index (χ1n) is 9.12. The molecule has 3 N–H and O–H groups in total. The van der Waals surface area contributed by atoms with E-state index in [0.717, 1.165) is 21.2 Å². The van der Waals surface area contributed by atoms with Crippen molar-refractivity contribution >= 4 is 44.1 Å². The molecular formula is C19H21N3O6S2. The number of anilines is 1. The van der Waals surface area contributed by atoms with Crippen LogP contribution in [0.4, 0.5) is 5.00 Å². The van der Waals surface area contributed by atoms with Gasteiger partial charge in [-0.25, -0.2) is 8.42 Å². The average Bonchev–Trinajstić information content (AvgIpc) is 3.36. The van der Waals surface area contributed by atoms with Crippen LogP contribution in [0, 0.1) is 6.92 Å². The molecule has 0 radical (unpaired) electrons. The zero-order valence-corrected chi connectivity index (χ0v) is 17.8. The maximum Gasteiger partial charge on any atom is 0.324 e. The van der Waals surface area contributed by atoms with E-state index >= 15 is 0 Å². The Balaban J connectivity index is 1.63. The summed E-state index contributed by atoms with van der Waals surface area (Å²) in [5.41, 5.74) is 6.30. The average molecular weight is 452 g/mol. The Bertz CT molecular complexity index is 1060. The molecule has 2 aromatic rings. The third-order valence-electron chi connectivity index (χ3n) is 4.63. The summed E-state index contributed by atoms with van der Waals surface area (Å²) in [5, 5.41) is 4.31. The lowest BCUT2D eigenvalue weighted by Gasteiger charge is -2.22. The molecule has 0 spiro atoms. The summed E-state index contributed by atoms with van der Waals surface area (Å²) in [6, 6.07) is 6.84. The molecule has 0 bridgehead atoms. The smallest absolute Gasteiger partial charge is 0.324 e.